The molecule has 0 aliphatic carbocycles. The quantitative estimate of drug-likeness (QED) is 0.694. The molecule has 2 amide bonds. The summed E-state index contributed by atoms with van der Waals surface area (Å²) in [5.41, 5.74) is 7.50. The highest BCUT2D eigenvalue weighted by molar-refractivity contribution is 5.98. The van der Waals surface area contributed by atoms with E-state index in [-0.39, 0.29) is 17.7 Å². The summed E-state index contributed by atoms with van der Waals surface area (Å²) < 4.78 is 1.85. The largest absolute Gasteiger partial charge is 0.352 e. The van der Waals surface area contributed by atoms with Gasteiger partial charge in [0.2, 0.25) is 5.91 Å². The zero-order chi connectivity index (χ0) is 22.6. The molecular weight excluding hydrogens is 402 g/mol. The van der Waals surface area contributed by atoms with Crippen LogP contribution in [0, 0.1) is 19.8 Å². The number of pyridine rings is 1. The van der Waals surface area contributed by atoms with Gasteiger partial charge in [0, 0.05) is 41.9 Å². The lowest BCUT2D eigenvalue weighted by Gasteiger charge is -2.32. The Balaban J connectivity index is 1.57. The maximum absolute atomic E-state index is 13.2. The Bertz CT molecular complexity index is 1260. The predicted molar refractivity (Wildman–Crippen MR) is 122 cm³/mol. The first-order chi connectivity index (χ1) is 15.3. The molecule has 0 fully saturated rings. The van der Waals surface area contributed by atoms with Crippen LogP contribution in [0.15, 0.2) is 30.3 Å². The van der Waals surface area contributed by atoms with Crippen molar-refractivity contribution < 1.29 is 9.59 Å². The Hall–Kier alpha value is -3.48. The monoisotopic (exact) mass is 429 g/mol. The third-order valence-corrected chi connectivity index (χ3v) is 6.73. The molecule has 1 atom stereocenters. The van der Waals surface area contributed by atoms with Crippen molar-refractivity contribution in [1.82, 2.24) is 20.1 Å². The molecule has 5 rings (SSSR count). The van der Waals surface area contributed by atoms with Gasteiger partial charge in [0.15, 0.2) is 0 Å². The lowest BCUT2D eigenvalue weighted by atomic mass is 9.93. The molecule has 7 nitrogen and oxygen atoms in total. The van der Waals surface area contributed by atoms with Gasteiger partial charge in [-0.15, -0.1) is 0 Å². The number of carbonyl (C=O) groups excluding carboxylic acids is 2. The molecule has 32 heavy (non-hydrogen) atoms. The van der Waals surface area contributed by atoms with Crippen LogP contribution in [0.1, 0.15) is 45.4 Å². The second kappa shape index (κ2) is 7.58. The molecule has 2 aliphatic rings. The van der Waals surface area contributed by atoms with Crippen LogP contribution in [-0.4, -0.2) is 33.1 Å². The molecule has 0 saturated carbocycles. The fraction of sp³-hybridized carbons (Fsp3) is 0.360. The number of hydrogen-bond acceptors (Lipinski definition) is 4. The van der Waals surface area contributed by atoms with Crippen LogP contribution in [0.3, 0.4) is 0 Å². The minimum atomic E-state index is -0.0973. The number of nitrogens with one attached hydrogen (secondary N) is 1. The Morgan fingerprint density at radius 1 is 1.12 bits per heavy atom. The minimum Gasteiger partial charge on any atom is -0.352 e. The third kappa shape index (κ3) is 3.28. The molecule has 164 valence electrons. The molecule has 0 spiro atoms. The minimum absolute atomic E-state index is 0.0424. The SMILES string of the molecule is Cc1nn(C)c(C)c1CN1C(=O)C(C)Cc2ccc(-c3ccc4c(c3)C(=O)NCC4)nc21. The lowest BCUT2D eigenvalue weighted by molar-refractivity contribution is -0.122. The van der Waals surface area contributed by atoms with Crippen molar-refractivity contribution in [1.29, 1.82) is 0 Å². The highest BCUT2D eigenvalue weighted by Crippen LogP contribution is 2.34. The van der Waals surface area contributed by atoms with E-state index in [0.29, 0.717) is 30.9 Å². The van der Waals surface area contributed by atoms with E-state index in [0.717, 1.165) is 45.8 Å². The first-order valence-electron chi connectivity index (χ1n) is 11.1. The topological polar surface area (TPSA) is 80.1 Å². The van der Waals surface area contributed by atoms with E-state index in [1.165, 1.54) is 0 Å². The number of carbonyl (C=O) groups is 2. The standard InChI is InChI=1S/C25H27N5O2/c1-14-11-19-7-8-22(18-6-5-17-9-10-26-24(31)20(17)12-18)27-23(19)30(25(14)32)13-21-15(2)28-29(4)16(21)3/h5-8,12,14H,9-11,13H2,1-4H3,(H,26,31). The maximum Gasteiger partial charge on any atom is 0.251 e. The average Bonchev–Trinajstić information content (AvgIpc) is 3.02. The summed E-state index contributed by atoms with van der Waals surface area (Å²) in [6.45, 7) is 7.09. The second-order valence-corrected chi connectivity index (χ2v) is 8.86. The van der Waals surface area contributed by atoms with Crippen molar-refractivity contribution in [2.24, 2.45) is 13.0 Å². The van der Waals surface area contributed by atoms with Crippen molar-refractivity contribution in [3.63, 3.8) is 0 Å². The zero-order valence-corrected chi connectivity index (χ0v) is 18.9. The fourth-order valence-corrected chi connectivity index (χ4v) is 4.75. The van der Waals surface area contributed by atoms with Gasteiger partial charge in [0.1, 0.15) is 5.82 Å². The van der Waals surface area contributed by atoms with Gasteiger partial charge in [-0.25, -0.2) is 4.98 Å². The van der Waals surface area contributed by atoms with E-state index >= 15 is 0 Å². The van der Waals surface area contributed by atoms with Gasteiger partial charge < -0.3 is 5.32 Å². The summed E-state index contributed by atoms with van der Waals surface area (Å²) in [4.78, 5) is 32.3. The molecule has 2 aliphatic heterocycles. The molecule has 3 aromatic rings. The predicted octanol–water partition coefficient (Wildman–Crippen LogP) is 3.11. The summed E-state index contributed by atoms with van der Waals surface area (Å²) in [6, 6.07) is 9.99. The fourth-order valence-electron chi connectivity index (χ4n) is 4.75. The molecule has 4 heterocycles. The smallest absolute Gasteiger partial charge is 0.251 e. The van der Waals surface area contributed by atoms with E-state index in [1.807, 2.05) is 56.8 Å². The van der Waals surface area contributed by atoms with Crippen LogP contribution in [0.5, 0.6) is 0 Å². The van der Waals surface area contributed by atoms with E-state index in [9.17, 15) is 9.59 Å². The highest BCUT2D eigenvalue weighted by Gasteiger charge is 2.32. The second-order valence-electron chi connectivity index (χ2n) is 8.86. The molecule has 0 saturated heterocycles. The number of aromatic nitrogens is 3. The number of anilines is 1. The van der Waals surface area contributed by atoms with Gasteiger partial charge >= 0.3 is 0 Å². The van der Waals surface area contributed by atoms with Crippen LogP contribution in [0.4, 0.5) is 5.82 Å². The van der Waals surface area contributed by atoms with Crippen LogP contribution >= 0.6 is 0 Å². The van der Waals surface area contributed by atoms with Crippen LogP contribution < -0.4 is 10.2 Å². The molecule has 1 aromatic carbocycles. The summed E-state index contributed by atoms with van der Waals surface area (Å²) in [6.07, 6.45) is 1.51. The van der Waals surface area contributed by atoms with Gasteiger partial charge in [-0.3, -0.25) is 19.2 Å². The van der Waals surface area contributed by atoms with Crippen LogP contribution in [0.2, 0.25) is 0 Å². The van der Waals surface area contributed by atoms with Crippen molar-refractivity contribution in [2.75, 3.05) is 11.4 Å². The van der Waals surface area contributed by atoms with E-state index in [1.54, 1.807) is 4.90 Å². The highest BCUT2D eigenvalue weighted by atomic mass is 16.2. The summed E-state index contributed by atoms with van der Waals surface area (Å²) in [7, 11) is 1.92. The summed E-state index contributed by atoms with van der Waals surface area (Å²) in [5.74, 6) is 0.643. The molecule has 0 radical (unpaired) electrons. The van der Waals surface area contributed by atoms with Gasteiger partial charge in [-0.2, -0.15) is 5.10 Å². The van der Waals surface area contributed by atoms with Crippen molar-refractivity contribution in [2.45, 2.75) is 40.2 Å². The summed E-state index contributed by atoms with van der Waals surface area (Å²) in [5, 5.41) is 7.41. The molecule has 7 heteroatoms. The maximum atomic E-state index is 13.2. The zero-order valence-electron chi connectivity index (χ0n) is 18.9. The number of rotatable bonds is 3. The number of nitrogens with zero attached hydrogens (tertiary/aromatic N) is 4. The molecule has 0 bridgehead atoms. The lowest BCUT2D eigenvalue weighted by Crippen LogP contribution is -2.40. The molecule has 1 N–H and O–H groups in total. The van der Waals surface area contributed by atoms with Crippen molar-refractivity contribution in [3.05, 3.63) is 64.0 Å². The van der Waals surface area contributed by atoms with Gasteiger partial charge in [0.25, 0.3) is 5.91 Å². The molecule has 2 aromatic heterocycles. The van der Waals surface area contributed by atoms with Crippen molar-refractivity contribution >= 4 is 17.6 Å². The van der Waals surface area contributed by atoms with Crippen LogP contribution in [-0.2, 0) is 31.2 Å². The first-order valence-corrected chi connectivity index (χ1v) is 11.1. The number of benzene rings is 1. The number of amides is 2. The number of aryl methyl sites for hydroxylation is 2. The van der Waals surface area contributed by atoms with Gasteiger partial charge in [0.05, 0.1) is 17.9 Å². The van der Waals surface area contributed by atoms with Crippen molar-refractivity contribution in [3.8, 4) is 11.3 Å². The van der Waals surface area contributed by atoms with E-state index in [2.05, 4.69) is 16.5 Å². The Kier molecular flexibility index (Phi) is 4.84. The van der Waals surface area contributed by atoms with E-state index < -0.39 is 0 Å². The third-order valence-electron chi connectivity index (χ3n) is 6.73. The van der Waals surface area contributed by atoms with E-state index in [4.69, 9.17) is 4.98 Å². The molecule has 1 unspecified atom stereocenters. The van der Waals surface area contributed by atoms with Crippen LogP contribution in [0.25, 0.3) is 11.3 Å². The normalized spacial score (nSPS) is 17.8. The summed E-state index contributed by atoms with van der Waals surface area (Å²) >= 11 is 0. The van der Waals surface area contributed by atoms with Gasteiger partial charge in [-0.05, 0) is 49.9 Å². The Labute approximate surface area is 187 Å². The Morgan fingerprint density at radius 3 is 2.66 bits per heavy atom. The van der Waals surface area contributed by atoms with Gasteiger partial charge in [-0.1, -0.05) is 25.1 Å². The average molecular weight is 430 g/mol. The Morgan fingerprint density at radius 2 is 1.91 bits per heavy atom. The number of fused-ring (bicyclic) bond motifs is 2. The first kappa shape index (κ1) is 20.4. The number of hydrogen-bond donors (Lipinski definition) is 1. The molecular formula is C25H27N5O2.